The SMILES string of the molecule is O=C1NN(C(=O)c2nc3c(C(F)(F)F)cc(C4CC4)cn3c2Cl)CCN1CC(F)(F)F. The highest BCUT2D eigenvalue weighted by Crippen LogP contribution is 2.43. The van der Waals surface area contributed by atoms with E-state index in [1.807, 2.05) is 5.43 Å². The number of fused-ring (bicyclic) bond motifs is 1. The first-order valence-corrected chi connectivity index (χ1v) is 9.46. The van der Waals surface area contributed by atoms with E-state index in [1.54, 1.807) is 0 Å². The van der Waals surface area contributed by atoms with E-state index in [-0.39, 0.29) is 17.6 Å². The molecule has 3 heterocycles. The van der Waals surface area contributed by atoms with Crippen LogP contribution >= 0.6 is 11.6 Å². The number of aromatic nitrogens is 2. The largest absolute Gasteiger partial charge is 0.419 e. The first kappa shape index (κ1) is 21.5. The minimum atomic E-state index is -4.75. The lowest BCUT2D eigenvalue weighted by Crippen LogP contribution is -2.60. The van der Waals surface area contributed by atoms with Crippen LogP contribution in [0.4, 0.5) is 31.1 Å². The molecule has 0 aromatic carbocycles. The fraction of sp³-hybridized carbons (Fsp3) is 0.471. The summed E-state index contributed by atoms with van der Waals surface area (Å²) >= 11 is 6.16. The van der Waals surface area contributed by atoms with E-state index in [0.29, 0.717) is 15.5 Å². The van der Waals surface area contributed by atoms with Crippen LogP contribution in [-0.4, -0.2) is 57.0 Å². The molecule has 0 radical (unpaired) electrons. The Bertz CT molecular complexity index is 1060. The van der Waals surface area contributed by atoms with Gasteiger partial charge in [-0.15, -0.1) is 0 Å². The number of amides is 3. The number of hydrazine groups is 1. The lowest BCUT2D eigenvalue weighted by Gasteiger charge is -2.34. The summed E-state index contributed by atoms with van der Waals surface area (Å²) in [5.74, 6) is -1.07. The number of imidazole rings is 1. The smallest absolute Gasteiger partial charge is 0.312 e. The molecule has 31 heavy (non-hydrogen) atoms. The van der Waals surface area contributed by atoms with Gasteiger partial charge >= 0.3 is 18.4 Å². The molecule has 1 saturated carbocycles. The topological polar surface area (TPSA) is 70.0 Å². The van der Waals surface area contributed by atoms with Crippen molar-refractivity contribution in [3.8, 4) is 0 Å². The number of rotatable bonds is 3. The van der Waals surface area contributed by atoms with Crippen LogP contribution in [-0.2, 0) is 6.18 Å². The summed E-state index contributed by atoms with van der Waals surface area (Å²) in [6.07, 6.45) is -6.53. The summed E-state index contributed by atoms with van der Waals surface area (Å²) < 4.78 is 79.2. The van der Waals surface area contributed by atoms with Gasteiger partial charge in [0.25, 0.3) is 5.91 Å². The van der Waals surface area contributed by atoms with Gasteiger partial charge in [0, 0.05) is 12.7 Å². The number of urea groups is 1. The van der Waals surface area contributed by atoms with E-state index < -0.39 is 54.3 Å². The molecule has 1 aliphatic carbocycles. The summed E-state index contributed by atoms with van der Waals surface area (Å²) in [5.41, 5.74) is 0.207. The van der Waals surface area contributed by atoms with E-state index in [9.17, 15) is 35.9 Å². The molecule has 1 N–H and O–H groups in total. The first-order valence-electron chi connectivity index (χ1n) is 9.08. The normalized spacial score (nSPS) is 18.0. The maximum Gasteiger partial charge on any atom is 0.419 e. The maximum atomic E-state index is 13.6. The number of hydrogen-bond acceptors (Lipinski definition) is 3. The van der Waals surface area contributed by atoms with Gasteiger partial charge in [-0.3, -0.25) is 9.20 Å². The van der Waals surface area contributed by atoms with Gasteiger partial charge in [0.15, 0.2) is 11.3 Å². The molecule has 2 aliphatic rings. The van der Waals surface area contributed by atoms with Crippen LogP contribution in [0.2, 0.25) is 5.15 Å². The Labute approximate surface area is 175 Å². The molecule has 2 fully saturated rings. The van der Waals surface area contributed by atoms with Gasteiger partial charge in [0.2, 0.25) is 0 Å². The fourth-order valence-electron chi connectivity index (χ4n) is 3.33. The standard InChI is InChI=1S/C17H14ClF6N5O2/c18-12-11(14(30)29-4-3-27(15(31)26-29)7-16(19,20)21)25-13-10(17(22,23)24)5-9(6-28(12)13)8-1-2-8/h5-6,8H,1-4,7H2,(H,26,31). The average molecular weight is 470 g/mol. The van der Waals surface area contributed by atoms with Crippen molar-refractivity contribution < 1.29 is 35.9 Å². The van der Waals surface area contributed by atoms with Crippen LogP contribution in [0.25, 0.3) is 5.65 Å². The van der Waals surface area contributed by atoms with E-state index in [2.05, 4.69) is 4.98 Å². The molecular formula is C17H14ClF6N5O2. The molecule has 0 spiro atoms. The Hall–Kier alpha value is -2.70. The predicted octanol–water partition coefficient (Wildman–Crippen LogP) is 3.83. The number of nitrogens with zero attached hydrogens (tertiary/aromatic N) is 4. The van der Waals surface area contributed by atoms with E-state index in [0.717, 1.165) is 23.3 Å². The Balaban J connectivity index is 1.65. The van der Waals surface area contributed by atoms with Crippen LogP contribution in [0.3, 0.4) is 0 Å². The van der Waals surface area contributed by atoms with Gasteiger partial charge in [0.05, 0.1) is 12.1 Å². The van der Waals surface area contributed by atoms with Crippen LogP contribution in [0, 0.1) is 0 Å². The van der Waals surface area contributed by atoms with Crippen molar-refractivity contribution in [1.29, 1.82) is 0 Å². The van der Waals surface area contributed by atoms with Crippen molar-refractivity contribution in [2.45, 2.75) is 31.1 Å². The van der Waals surface area contributed by atoms with Crippen LogP contribution in [0.15, 0.2) is 12.3 Å². The van der Waals surface area contributed by atoms with Crippen molar-refractivity contribution in [1.82, 2.24) is 24.7 Å². The summed E-state index contributed by atoms with van der Waals surface area (Å²) in [6, 6.07) is -0.203. The van der Waals surface area contributed by atoms with Crippen molar-refractivity contribution in [2.75, 3.05) is 19.6 Å². The van der Waals surface area contributed by atoms with Gasteiger partial charge < -0.3 is 4.90 Å². The highest BCUT2D eigenvalue weighted by molar-refractivity contribution is 6.33. The van der Waals surface area contributed by atoms with Crippen molar-refractivity contribution in [3.63, 3.8) is 0 Å². The number of nitrogens with one attached hydrogen (secondary N) is 1. The fourth-order valence-corrected chi connectivity index (χ4v) is 3.59. The molecule has 7 nitrogen and oxygen atoms in total. The number of pyridine rings is 1. The molecule has 3 amide bonds. The molecule has 14 heteroatoms. The first-order chi connectivity index (χ1) is 14.3. The maximum absolute atomic E-state index is 13.6. The summed E-state index contributed by atoms with van der Waals surface area (Å²) in [4.78, 5) is 28.9. The van der Waals surface area contributed by atoms with Crippen molar-refractivity contribution in [2.24, 2.45) is 0 Å². The van der Waals surface area contributed by atoms with Crippen LogP contribution < -0.4 is 5.43 Å². The minimum Gasteiger partial charge on any atom is -0.312 e. The highest BCUT2D eigenvalue weighted by Gasteiger charge is 2.40. The summed E-state index contributed by atoms with van der Waals surface area (Å²) in [7, 11) is 0. The summed E-state index contributed by atoms with van der Waals surface area (Å²) in [5, 5.41) is 0.290. The quantitative estimate of drug-likeness (QED) is 0.695. The van der Waals surface area contributed by atoms with E-state index in [1.165, 1.54) is 6.20 Å². The van der Waals surface area contributed by atoms with Crippen molar-refractivity contribution >= 4 is 29.2 Å². The molecule has 2 aromatic rings. The second-order valence-electron chi connectivity index (χ2n) is 7.31. The van der Waals surface area contributed by atoms with Gasteiger partial charge in [0.1, 0.15) is 11.7 Å². The zero-order chi connectivity index (χ0) is 22.7. The Morgan fingerprint density at radius 3 is 2.42 bits per heavy atom. The lowest BCUT2D eigenvalue weighted by atomic mass is 10.1. The second kappa shape index (κ2) is 7.18. The van der Waals surface area contributed by atoms with Gasteiger partial charge in [-0.1, -0.05) is 11.6 Å². The average Bonchev–Trinajstić information content (AvgIpc) is 3.45. The van der Waals surface area contributed by atoms with Crippen LogP contribution in [0.1, 0.15) is 40.4 Å². The molecule has 1 saturated heterocycles. The van der Waals surface area contributed by atoms with Gasteiger partial charge in [-0.2, -0.15) is 26.3 Å². The predicted molar refractivity (Wildman–Crippen MR) is 94.4 cm³/mol. The monoisotopic (exact) mass is 469 g/mol. The molecule has 2 aromatic heterocycles. The van der Waals surface area contributed by atoms with Crippen LogP contribution in [0.5, 0.6) is 0 Å². The van der Waals surface area contributed by atoms with E-state index >= 15 is 0 Å². The molecule has 0 unspecified atom stereocenters. The van der Waals surface area contributed by atoms with E-state index in [4.69, 9.17) is 11.6 Å². The molecule has 0 bridgehead atoms. The zero-order valence-corrected chi connectivity index (χ0v) is 16.3. The van der Waals surface area contributed by atoms with Gasteiger partial charge in [-0.25, -0.2) is 20.2 Å². The number of hydrogen-bond donors (Lipinski definition) is 1. The van der Waals surface area contributed by atoms with Crippen molar-refractivity contribution in [3.05, 3.63) is 34.2 Å². The third kappa shape index (κ3) is 4.23. The second-order valence-corrected chi connectivity index (χ2v) is 7.67. The van der Waals surface area contributed by atoms with Gasteiger partial charge in [-0.05, 0) is 30.4 Å². The number of alkyl halides is 6. The molecule has 1 aliphatic heterocycles. The molecule has 0 atom stereocenters. The minimum absolute atomic E-state index is 0.0379. The number of halogens is 7. The number of carbonyl (C=O) groups excluding carboxylic acids is 2. The molecule has 4 rings (SSSR count). The highest BCUT2D eigenvalue weighted by atomic mass is 35.5. The Morgan fingerprint density at radius 2 is 1.87 bits per heavy atom. The lowest BCUT2D eigenvalue weighted by molar-refractivity contribution is -0.142. The zero-order valence-electron chi connectivity index (χ0n) is 15.5. The Morgan fingerprint density at radius 1 is 1.19 bits per heavy atom. The third-order valence-electron chi connectivity index (χ3n) is 4.97. The molecule has 168 valence electrons. The number of carbonyl (C=O) groups is 2. The summed E-state index contributed by atoms with van der Waals surface area (Å²) in [6.45, 7) is -2.28. The molecular weight excluding hydrogens is 456 g/mol. The Kier molecular flexibility index (Phi) is 4.98. The third-order valence-corrected chi connectivity index (χ3v) is 5.33.